The zero-order valence-corrected chi connectivity index (χ0v) is 18.3. The molecule has 4 rings (SSSR count). The summed E-state index contributed by atoms with van der Waals surface area (Å²) in [5, 5.41) is 3.89. The Morgan fingerprint density at radius 2 is 1.91 bits per heavy atom. The topological polar surface area (TPSA) is 100 Å². The molecule has 1 N–H and O–H groups in total. The Kier molecular flexibility index (Phi) is 6.00. The highest BCUT2D eigenvalue weighted by molar-refractivity contribution is 7.14. The quantitative estimate of drug-likeness (QED) is 0.413. The molecule has 0 saturated heterocycles. The van der Waals surface area contributed by atoms with Gasteiger partial charge in [-0.05, 0) is 18.2 Å². The fourth-order valence-electron chi connectivity index (χ4n) is 3.37. The van der Waals surface area contributed by atoms with E-state index in [1.165, 1.54) is 40.9 Å². The molecule has 0 radical (unpaired) electrons. The van der Waals surface area contributed by atoms with Crippen molar-refractivity contribution in [3.63, 3.8) is 0 Å². The molecule has 0 atom stereocenters. The minimum absolute atomic E-state index is 0.0350. The molecule has 34 heavy (non-hydrogen) atoms. The number of carbonyl (C=O) groups is 1. The Balaban J connectivity index is 1.57. The standard InChI is InChI=1S/C20H15F4N5O4S/c1-27-12-5-6-29(15(12)17(31)28(2)20(27)32)7-13(30)26-19-25-11(8-34-19)9-3-4-10(21)16(14(9)22)33-18(23)24/h3-6,8,18H,7H2,1-2H3,(H,25,26,30). The lowest BCUT2D eigenvalue weighted by Crippen LogP contribution is -2.37. The van der Waals surface area contributed by atoms with E-state index >= 15 is 0 Å². The highest BCUT2D eigenvalue weighted by Crippen LogP contribution is 2.34. The van der Waals surface area contributed by atoms with Gasteiger partial charge in [-0.3, -0.25) is 18.7 Å². The number of nitrogens with zero attached hydrogens (tertiary/aromatic N) is 4. The Hall–Kier alpha value is -3.94. The van der Waals surface area contributed by atoms with Gasteiger partial charge >= 0.3 is 12.3 Å². The van der Waals surface area contributed by atoms with Crippen LogP contribution in [0.15, 0.2) is 39.4 Å². The fraction of sp³-hybridized carbons (Fsp3) is 0.200. The van der Waals surface area contributed by atoms with Crippen molar-refractivity contribution in [1.82, 2.24) is 18.7 Å². The van der Waals surface area contributed by atoms with Crippen LogP contribution in [-0.4, -0.2) is 31.2 Å². The van der Waals surface area contributed by atoms with Crippen LogP contribution in [0.3, 0.4) is 0 Å². The van der Waals surface area contributed by atoms with Crippen LogP contribution in [0.4, 0.5) is 22.7 Å². The van der Waals surface area contributed by atoms with E-state index in [2.05, 4.69) is 15.0 Å². The number of hydrogen-bond donors (Lipinski definition) is 1. The van der Waals surface area contributed by atoms with Gasteiger partial charge in [0.1, 0.15) is 12.1 Å². The lowest BCUT2D eigenvalue weighted by molar-refractivity contribution is -0.116. The van der Waals surface area contributed by atoms with Gasteiger partial charge in [0.15, 0.2) is 22.5 Å². The number of ether oxygens (including phenoxy) is 1. The number of anilines is 1. The second-order valence-electron chi connectivity index (χ2n) is 7.09. The number of aromatic nitrogens is 4. The van der Waals surface area contributed by atoms with Gasteiger partial charge in [-0.1, -0.05) is 0 Å². The van der Waals surface area contributed by atoms with Crippen molar-refractivity contribution in [3.05, 3.63) is 62.2 Å². The van der Waals surface area contributed by atoms with E-state index in [0.29, 0.717) is 5.52 Å². The molecule has 4 aromatic rings. The number of nitrogens with one attached hydrogen (secondary N) is 1. The summed E-state index contributed by atoms with van der Waals surface area (Å²) in [6.45, 7) is -3.71. The number of benzene rings is 1. The van der Waals surface area contributed by atoms with E-state index in [9.17, 15) is 31.9 Å². The first-order valence-electron chi connectivity index (χ1n) is 9.52. The summed E-state index contributed by atoms with van der Waals surface area (Å²) in [5.41, 5.74) is -0.904. The lowest BCUT2D eigenvalue weighted by Gasteiger charge is -2.09. The van der Waals surface area contributed by atoms with Gasteiger partial charge < -0.3 is 14.6 Å². The number of hydrogen-bond acceptors (Lipinski definition) is 6. The molecule has 9 nitrogen and oxygen atoms in total. The van der Waals surface area contributed by atoms with Gasteiger partial charge in [0, 0.05) is 31.2 Å². The number of alkyl halides is 2. The van der Waals surface area contributed by atoms with E-state index < -0.39 is 41.2 Å². The number of rotatable bonds is 6. The van der Waals surface area contributed by atoms with Crippen molar-refractivity contribution in [2.24, 2.45) is 14.1 Å². The van der Waals surface area contributed by atoms with E-state index in [1.807, 2.05) is 0 Å². The van der Waals surface area contributed by atoms with Gasteiger partial charge in [-0.2, -0.15) is 8.78 Å². The SMILES string of the molecule is Cn1c(=O)c2c(ccn2CC(=O)Nc2nc(-c3ccc(F)c(OC(F)F)c3F)cs2)n(C)c1=O. The zero-order valence-electron chi connectivity index (χ0n) is 17.5. The van der Waals surface area contributed by atoms with E-state index in [0.717, 1.165) is 28.0 Å². The summed E-state index contributed by atoms with van der Waals surface area (Å²) in [5.74, 6) is -4.46. The lowest BCUT2D eigenvalue weighted by atomic mass is 10.1. The summed E-state index contributed by atoms with van der Waals surface area (Å²) < 4.78 is 60.5. The molecule has 0 bridgehead atoms. The van der Waals surface area contributed by atoms with Crippen LogP contribution in [0.5, 0.6) is 5.75 Å². The second-order valence-corrected chi connectivity index (χ2v) is 7.94. The van der Waals surface area contributed by atoms with Crippen molar-refractivity contribution < 1.29 is 27.1 Å². The third-order valence-electron chi connectivity index (χ3n) is 4.98. The predicted molar refractivity (Wildman–Crippen MR) is 115 cm³/mol. The molecule has 0 saturated carbocycles. The molecule has 14 heteroatoms. The van der Waals surface area contributed by atoms with E-state index in [-0.39, 0.29) is 28.5 Å². The smallest absolute Gasteiger partial charge is 0.387 e. The van der Waals surface area contributed by atoms with E-state index in [1.54, 1.807) is 0 Å². The molecular formula is C20H15F4N5O4S. The Bertz CT molecular complexity index is 1540. The fourth-order valence-corrected chi connectivity index (χ4v) is 4.09. The molecule has 0 aliphatic heterocycles. The van der Waals surface area contributed by atoms with Crippen LogP contribution < -0.4 is 21.3 Å². The molecular weight excluding hydrogens is 482 g/mol. The van der Waals surface area contributed by atoms with Crippen LogP contribution in [-0.2, 0) is 25.4 Å². The zero-order chi connectivity index (χ0) is 24.7. The number of aryl methyl sites for hydroxylation is 1. The minimum Gasteiger partial charge on any atom is -0.429 e. The summed E-state index contributed by atoms with van der Waals surface area (Å²) >= 11 is 0.919. The highest BCUT2D eigenvalue weighted by Gasteiger charge is 2.21. The monoisotopic (exact) mass is 497 g/mol. The van der Waals surface area contributed by atoms with Crippen molar-refractivity contribution in [1.29, 1.82) is 0 Å². The van der Waals surface area contributed by atoms with Crippen molar-refractivity contribution in [2.45, 2.75) is 13.2 Å². The number of halogens is 4. The molecule has 0 aliphatic rings. The highest BCUT2D eigenvalue weighted by atomic mass is 32.1. The summed E-state index contributed by atoms with van der Waals surface area (Å²) in [6, 6.07) is 3.30. The van der Waals surface area contributed by atoms with Crippen LogP contribution in [0.25, 0.3) is 22.3 Å². The maximum absolute atomic E-state index is 14.5. The molecule has 0 aliphatic carbocycles. The molecule has 0 fully saturated rings. The van der Waals surface area contributed by atoms with Crippen LogP contribution in [0.2, 0.25) is 0 Å². The summed E-state index contributed by atoms with van der Waals surface area (Å²) in [4.78, 5) is 41.1. The van der Waals surface area contributed by atoms with Gasteiger partial charge in [0.05, 0.1) is 11.2 Å². The van der Waals surface area contributed by atoms with Gasteiger partial charge in [0.25, 0.3) is 5.56 Å². The molecule has 178 valence electrons. The van der Waals surface area contributed by atoms with Gasteiger partial charge in [-0.25, -0.2) is 18.6 Å². The number of carbonyl (C=O) groups excluding carboxylic acids is 1. The molecule has 3 heterocycles. The third-order valence-corrected chi connectivity index (χ3v) is 5.74. The molecule has 0 unspecified atom stereocenters. The third kappa shape index (κ3) is 4.07. The van der Waals surface area contributed by atoms with Crippen molar-refractivity contribution in [2.75, 3.05) is 5.32 Å². The second kappa shape index (κ2) is 8.78. The maximum atomic E-state index is 14.5. The van der Waals surface area contributed by atoms with Crippen molar-refractivity contribution in [3.8, 4) is 17.0 Å². The minimum atomic E-state index is -3.42. The summed E-state index contributed by atoms with van der Waals surface area (Å²) in [6.07, 6.45) is 1.48. The Labute approximate surface area is 191 Å². The molecule has 1 amide bonds. The van der Waals surface area contributed by atoms with E-state index in [4.69, 9.17) is 0 Å². The summed E-state index contributed by atoms with van der Waals surface area (Å²) in [7, 11) is 2.82. The Morgan fingerprint density at radius 3 is 2.62 bits per heavy atom. The Morgan fingerprint density at radius 1 is 1.18 bits per heavy atom. The average molecular weight is 497 g/mol. The number of amides is 1. The first-order valence-corrected chi connectivity index (χ1v) is 10.4. The van der Waals surface area contributed by atoms with Gasteiger partial charge in [0.2, 0.25) is 5.91 Å². The van der Waals surface area contributed by atoms with Gasteiger partial charge in [-0.15, -0.1) is 11.3 Å². The number of thiazole rings is 1. The first-order chi connectivity index (χ1) is 16.1. The van der Waals surface area contributed by atoms with Crippen LogP contribution in [0.1, 0.15) is 0 Å². The van der Waals surface area contributed by atoms with Crippen LogP contribution in [0, 0.1) is 11.6 Å². The van der Waals surface area contributed by atoms with Crippen LogP contribution >= 0.6 is 11.3 Å². The van der Waals surface area contributed by atoms with Crippen molar-refractivity contribution >= 4 is 33.4 Å². The average Bonchev–Trinajstić information content (AvgIpc) is 3.41. The number of fused-ring (bicyclic) bond motifs is 1. The molecule has 1 aromatic carbocycles. The largest absolute Gasteiger partial charge is 0.429 e. The predicted octanol–water partition coefficient (Wildman–Crippen LogP) is 2.68. The molecule has 3 aromatic heterocycles. The maximum Gasteiger partial charge on any atom is 0.387 e. The normalized spacial score (nSPS) is 11.4. The first kappa shape index (κ1) is 23.2. The molecule has 0 spiro atoms.